The van der Waals surface area contributed by atoms with Gasteiger partial charge in [-0.1, -0.05) is 30.3 Å². The second-order valence-electron chi connectivity index (χ2n) is 7.16. The summed E-state index contributed by atoms with van der Waals surface area (Å²) in [5.74, 6) is 0.698. The van der Waals surface area contributed by atoms with E-state index in [0.717, 1.165) is 41.1 Å². The molecule has 3 heterocycles. The number of aromatic amines is 1. The van der Waals surface area contributed by atoms with E-state index in [9.17, 15) is 4.79 Å². The van der Waals surface area contributed by atoms with Crippen molar-refractivity contribution in [3.05, 3.63) is 72.4 Å². The molecule has 7 heteroatoms. The molecule has 0 saturated carbocycles. The largest absolute Gasteiger partial charge is 0.378 e. The Morgan fingerprint density at radius 2 is 1.87 bits per heavy atom. The van der Waals surface area contributed by atoms with Crippen molar-refractivity contribution in [3.63, 3.8) is 0 Å². The molecule has 150 valence electrons. The lowest BCUT2D eigenvalue weighted by atomic mass is 10.1. The highest BCUT2D eigenvalue weighted by Gasteiger charge is 2.14. The molecule has 0 spiro atoms. The van der Waals surface area contributed by atoms with E-state index >= 15 is 0 Å². The van der Waals surface area contributed by atoms with Gasteiger partial charge in [-0.3, -0.25) is 4.79 Å². The van der Waals surface area contributed by atoms with Crippen molar-refractivity contribution < 1.29 is 9.53 Å². The Balaban J connectivity index is 1.34. The second-order valence-corrected chi connectivity index (χ2v) is 7.16. The fraction of sp³-hybridized carbons (Fsp3) is 0.174. The minimum Gasteiger partial charge on any atom is -0.378 e. The van der Waals surface area contributed by atoms with Crippen LogP contribution in [0.3, 0.4) is 0 Å². The molecule has 30 heavy (non-hydrogen) atoms. The fourth-order valence-corrected chi connectivity index (χ4v) is 3.65. The number of fused-ring (bicyclic) bond motifs is 1. The number of H-pyrrole nitrogens is 1. The van der Waals surface area contributed by atoms with E-state index < -0.39 is 0 Å². The SMILES string of the molecule is O=C(Nc1cccc(-c2ccc(N3CCOCC3)nn2)c1)c1c[nH]c2ccccc12. The maximum Gasteiger partial charge on any atom is 0.257 e. The Morgan fingerprint density at radius 3 is 2.70 bits per heavy atom. The molecule has 2 aromatic heterocycles. The first-order valence-corrected chi connectivity index (χ1v) is 9.92. The zero-order chi connectivity index (χ0) is 20.3. The zero-order valence-corrected chi connectivity index (χ0v) is 16.3. The minimum absolute atomic E-state index is 0.154. The first-order valence-electron chi connectivity index (χ1n) is 9.92. The van der Waals surface area contributed by atoms with Gasteiger partial charge in [0.2, 0.25) is 0 Å². The summed E-state index contributed by atoms with van der Waals surface area (Å²) in [7, 11) is 0. The lowest BCUT2D eigenvalue weighted by Gasteiger charge is -2.27. The molecule has 1 fully saturated rings. The van der Waals surface area contributed by atoms with Crippen molar-refractivity contribution >= 4 is 28.3 Å². The van der Waals surface area contributed by atoms with E-state index in [1.165, 1.54) is 0 Å². The van der Waals surface area contributed by atoms with Crippen molar-refractivity contribution in [2.45, 2.75) is 0 Å². The van der Waals surface area contributed by atoms with Crippen LogP contribution in [0.15, 0.2) is 66.9 Å². The van der Waals surface area contributed by atoms with E-state index in [-0.39, 0.29) is 5.91 Å². The normalized spacial score (nSPS) is 14.1. The molecule has 2 N–H and O–H groups in total. The molecule has 0 bridgehead atoms. The number of hydrogen-bond donors (Lipinski definition) is 2. The van der Waals surface area contributed by atoms with Gasteiger partial charge in [0.05, 0.1) is 24.5 Å². The zero-order valence-electron chi connectivity index (χ0n) is 16.3. The van der Waals surface area contributed by atoms with Crippen LogP contribution >= 0.6 is 0 Å². The number of morpholine rings is 1. The van der Waals surface area contributed by atoms with Crippen molar-refractivity contribution in [3.8, 4) is 11.3 Å². The van der Waals surface area contributed by atoms with E-state index in [2.05, 4.69) is 25.4 Å². The van der Waals surface area contributed by atoms with Crippen LogP contribution in [-0.4, -0.2) is 47.4 Å². The highest BCUT2D eigenvalue weighted by atomic mass is 16.5. The average molecular weight is 399 g/mol. The quantitative estimate of drug-likeness (QED) is 0.547. The number of carbonyl (C=O) groups is 1. The molecule has 7 nitrogen and oxygen atoms in total. The Labute approximate surface area is 173 Å². The molecule has 2 aromatic carbocycles. The predicted octanol–water partition coefficient (Wildman–Crippen LogP) is 3.71. The molecule has 4 aromatic rings. The van der Waals surface area contributed by atoms with Crippen LogP contribution in [0.4, 0.5) is 11.5 Å². The van der Waals surface area contributed by atoms with Crippen LogP contribution in [0.25, 0.3) is 22.2 Å². The molecule has 0 atom stereocenters. The molecule has 0 unspecified atom stereocenters. The molecule has 1 saturated heterocycles. The predicted molar refractivity (Wildman–Crippen MR) is 117 cm³/mol. The number of para-hydroxylation sites is 1. The van der Waals surface area contributed by atoms with Gasteiger partial charge in [0.15, 0.2) is 5.82 Å². The van der Waals surface area contributed by atoms with Crippen LogP contribution in [0.2, 0.25) is 0 Å². The van der Waals surface area contributed by atoms with Crippen LogP contribution in [0.5, 0.6) is 0 Å². The van der Waals surface area contributed by atoms with Crippen molar-refractivity contribution in [1.82, 2.24) is 15.2 Å². The Kier molecular flexibility index (Phi) is 4.86. The van der Waals surface area contributed by atoms with Gasteiger partial charge in [-0.25, -0.2) is 0 Å². The third kappa shape index (κ3) is 3.62. The number of aromatic nitrogens is 3. The number of nitrogens with zero attached hydrogens (tertiary/aromatic N) is 3. The summed E-state index contributed by atoms with van der Waals surface area (Å²) in [6, 6.07) is 19.3. The minimum atomic E-state index is -0.154. The summed E-state index contributed by atoms with van der Waals surface area (Å²) in [6.45, 7) is 3.07. The van der Waals surface area contributed by atoms with Crippen molar-refractivity contribution in [2.24, 2.45) is 0 Å². The van der Waals surface area contributed by atoms with Gasteiger partial charge >= 0.3 is 0 Å². The number of amides is 1. The van der Waals surface area contributed by atoms with E-state index in [1.807, 2.05) is 60.7 Å². The number of nitrogens with one attached hydrogen (secondary N) is 2. The summed E-state index contributed by atoms with van der Waals surface area (Å²) >= 11 is 0. The molecular formula is C23H21N5O2. The van der Waals surface area contributed by atoms with E-state index in [0.29, 0.717) is 24.5 Å². The molecule has 5 rings (SSSR count). The summed E-state index contributed by atoms with van der Waals surface area (Å²) < 4.78 is 5.38. The van der Waals surface area contributed by atoms with Gasteiger partial charge < -0.3 is 19.9 Å². The van der Waals surface area contributed by atoms with Gasteiger partial charge in [0.25, 0.3) is 5.91 Å². The van der Waals surface area contributed by atoms with Gasteiger partial charge in [0, 0.05) is 41.4 Å². The highest BCUT2D eigenvalue weighted by molar-refractivity contribution is 6.12. The van der Waals surface area contributed by atoms with Crippen LogP contribution in [0, 0.1) is 0 Å². The van der Waals surface area contributed by atoms with Crippen LogP contribution < -0.4 is 10.2 Å². The first-order chi connectivity index (χ1) is 14.8. The number of benzene rings is 2. The highest BCUT2D eigenvalue weighted by Crippen LogP contribution is 2.24. The monoisotopic (exact) mass is 399 g/mol. The summed E-state index contributed by atoms with van der Waals surface area (Å²) in [4.78, 5) is 18.1. The van der Waals surface area contributed by atoms with Gasteiger partial charge in [-0.05, 0) is 30.3 Å². The number of carbonyl (C=O) groups excluding carboxylic acids is 1. The van der Waals surface area contributed by atoms with Crippen LogP contribution in [0.1, 0.15) is 10.4 Å². The summed E-state index contributed by atoms with van der Waals surface area (Å²) in [5, 5.41) is 12.6. The van der Waals surface area contributed by atoms with Gasteiger partial charge in [0.1, 0.15) is 0 Å². The lowest BCUT2D eigenvalue weighted by Crippen LogP contribution is -2.36. The molecular weight excluding hydrogens is 378 g/mol. The molecule has 0 radical (unpaired) electrons. The number of ether oxygens (including phenoxy) is 1. The van der Waals surface area contributed by atoms with Crippen LogP contribution in [-0.2, 0) is 4.74 Å². The smallest absolute Gasteiger partial charge is 0.257 e. The number of anilines is 2. The molecule has 1 aliphatic rings. The Bertz CT molecular complexity index is 1180. The maximum absolute atomic E-state index is 12.8. The van der Waals surface area contributed by atoms with Gasteiger partial charge in [-0.2, -0.15) is 0 Å². The standard InChI is InChI=1S/C23H21N5O2/c29-23(19-15-24-21-7-2-1-6-18(19)21)25-17-5-3-4-16(14-17)20-8-9-22(27-26-20)28-10-12-30-13-11-28/h1-9,14-15,24H,10-13H2,(H,25,29). The molecule has 1 aliphatic heterocycles. The topological polar surface area (TPSA) is 83.1 Å². The fourth-order valence-electron chi connectivity index (χ4n) is 3.65. The average Bonchev–Trinajstić information content (AvgIpc) is 3.24. The third-order valence-electron chi connectivity index (χ3n) is 5.24. The third-order valence-corrected chi connectivity index (χ3v) is 5.24. The maximum atomic E-state index is 12.8. The Hall–Kier alpha value is -3.71. The molecule has 1 amide bonds. The van der Waals surface area contributed by atoms with Gasteiger partial charge in [-0.15, -0.1) is 10.2 Å². The number of rotatable bonds is 4. The lowest BCUT2D eigenvalue weighted by molar-refractivity contribution is 0.102. The second kappa shape index (κ2) is 7.96. The number of hydrogen-bond acceptors (Lipinski definition) is 5. The summed E-state index contributed by atoms with van der Waals surface area (Å²) in [5.41, 5.74) is 3.92. The Morgan fingerprint density at radius 1 is 1.00 bits per heavy atom. The van der Waals surface area contributed by atoms with E-state index in [1.54, 1.807) is 6.20 Å². The first kappa shape index (κ1) is 18.3. The van der Waals surface area contributed by atoms with Crippen molar-refractivity contribution in [1.29, 1.82) is 0 Å². The summed E-state index contributed by atoms with van der Waals surface area (Å²) in [6.07, 6.45) is 1.74. The van der Waals surface area contributed by atoms with E-state index in [4.69, 9.17) is 4.74 Å². The molecule has 0 aliphatic carbocycles. The van der Waals surface area contributed by atoms with Crippen molar-refractivity contribution in [2.75, 3.05) is 36.5 Å².